The zero-order valence-electron chi connectivity index (χ0n) is 16.2. The Morgan fingerprint density at radius 1 is 1.07 bits per heavy atom. The normalized spacial score (nSPS) is 23.2. The Hall–Kier alpha value is -2.66. The van der Waals surface area contributed by atoms with E-state index in [1.807, 2.05) is 18.2 Å². The van der Waals surface area contributed by atoms with Crippen molar-refractivity contribution in [2.75, 3.05) is 13.7 Å². The summed E-state index contributed by atoms with van der Waals surface area (Å²) in [7, 11) is 1.42. The maximum Gasteiger partial charge on any atom is 0.365 e. The summed E-state index contributed by atoms with van der Waals surface area (Å²) in [6, 6.07) is 16.2. The van der Waals surface area contributed by atoms with Gasteiger partial charge in [0.1, 0.15) is 6.54 Å². The van der Waals surface area contributed by atoms with Gasteiger partial charge in [-0.3, -0.25) is 4.79 Å². The molecule has 0 bridgehead atoms. The lowest BCUT2D eigenvalue weighted by Gasteiger charge is -2.32. The van der Waals surface area contributed by atoms with Gasteiger partial charge in [-0.25, -0.2) is 4.79 Å². The summed E-state index contributed by atoms with van der Waals surface area (Å²) in [4.78, 5) is 26.2. The molecule has 5 nitrogen and oxygen atoms in total. The third-order valence-electron chi connectivity index (χ3n) is 6.03. The van der Waals surface area contributed by atoms with Gasteiger partial charge in [-0.15, -0.1) is 0 Å². The van der Waals surface area contributed by atoms with Crippen molar-refractivity contribution in [2.45, 2.75) is 44.3 Å². The van der Waals surface area contributed by atoms with Gasteiger partial charge < -0.3 is 15.0 Å². The number of amides is 1. The molecule has 0 fully saturated rings. The lowest BCUT2D eigenvalue weighted by molar-refractivity contribution is -0.924. The number of aryl methyl sites for hydroxylation is 1. The lowest BCUT2D eigenvalue weighted by atomic mass is 9.87. The highest BCUT2D eigenvalue weighted by Gasteiger charge is 2.37. The summed E-state index contributed by atoms with van der Waals surface area (Å²) in [5.74, 6) is -0.259. The second kappa shape index (κ2) is 8.15. The molecule has 4 rings (SSSR count). The number of carbonyl (C=O) groups excluding carboxylic acids is 2. The third-order valence-corrected chi connectivity index (χ3v) is 6.03. The summed E-state index contributed by atoms with van der Waals surface area (Å²) < 4.78 is 5.02. The van der Waals surface area contributed by atoms with E-state index >= 15 is 0 Å². The summed E-state index contributed by atoms with van der Waals surface area (Å²) >= 11 is 0. The van der Waals surface area contributed by atoms with Crippen LogP contribution >= 0.6 is 0 Å². The summed E-state index contributed by atoms with van der Waals surface area (Å²) in [5, 5.41) is 3.21. The van der Waals surface area contributed by atoms with Crippen LogP contribution in [0, 0.1) is 0 Å². The molecule has 1 unspecified atom stereocenters. The van der Waals surface area contributed by atoms with Crippen molar-refractivity contribution in [3.63, 3.8) is 0 Å². The Morgan fingerprint density at radius 3 is 2.57 bits per heavy atom. The first kappa shape index (κ1) is 18.7. The highest BCUT2D eigenvalue weighted by Crippen LogP contribution is 2.29. The number of ether oxygens (including phenoxy) is 1. The van der Waals surface area contributed by atoms with Gasteiger partial charge in [0.15, 0.2) is 12.6 Å². The number of esters is 1. The van der Waals surface area contributed by atoms with Crippen molar-refractivity contribution in [1.29, 1.82) is 0 Å². The molecule has 1 aliphatic heterocycles. The van der Waals surface area contributed by atoms with Crippen LogP contribution in [0.5, 0.6) is 0 Å². The van der Waals surface area contributed by atoms with Gasteiger partial charge in [-0.1, -0.05) is 48.5 Å². The van der Waals surface area contributed by atoms with E-state index in [1.54, 1.807) is 0 Å². The number of hydrogen-bond acceptors (Lipinski definition) is 3. The SMILES string of the molecule is COC(=O)[C@H]1Cc2ccccc2C[NH+]1CC(=O)N[C@@H]1CCCc2ccccc21. The molecule has 2 aromatic rings. The fourth-order valence-electron chi connectivity index (χ4n) is 4.59. The molecule has 1 amide bonds. The van der Waals surface area contributed by atoms with Gasteiger partial charge >= 0.3 is 5.97 Å². The Morgan fingerprint density at radius 2 is 1.79 bits per heavy atom. The number of rotatable bonds is 4. The highest BCUT2D eigenvalue weighted by molar-refractivity contribution is 5.79. The minimum atomic E-state index is -0.343. The zero-order chi connectivity index (χ0) is 19.5. The van der Waals surface area contributed by atoms with E-state index in [1.165, 1.54) is 29.4 Å². The Bertz CT molecular complexity index is 880. The number of methoxy groups -OCH3 is 1. The highest BCUT2D eigenvalue weighted by atomic mass is 16.5. The minimum Gasteiger partial charge on any atom is -0.465 e. The molecule has 0 saturated carbocycles. The number of quaternary nitrogens is 1. The molecule has 0 aromatic heterocycles. The van der Waals surface area contributed by atoms with Gasteiger partial charge in [-0.2, -0.15) is 0 Å². The largest absolute Gasteiger partial charge is 0.465 e. The van der Waals surface area contributed by atoms with E-state index in [0.717, 1.165) is 24.2 Å². The van der Waals surface area contributed by atoms with Gasteiger partial charge in [0.05, 0.1) is 13.2 Å². The average Bonchev–Trinajstić information content (AvgIpc) is 2.73. The molecule has 1 aliphatic carbocycles. The fourth-order valence-corrected chi connectivity index (χ4v) is 4.59. The first-order valence-corrected chi connectivity index (χ1v) is 10.0. The molecule has 2 N–H and O–H groups in total. The van der Waals surface area contributed by atoms with E-state index in [9.17, 15) is 9.59 Å². The summed E-state index contributed by atoms with van der Waals surface area (Å²) in [5.41, 5.74) is 4.92. The first-order valence-electron chi connectivity index (χ1n) is 10.0. The standard InChI is InChI=1S/C23H26N2O3/c1-28-23(27)21-13-17-8-2-3-9-18(17)14-25(21)15-22(26)24-20-12-6-10-16-7-4-5-11-19(16)20/h2-5,7-9,11,20-21H,6,10,12-15H2,1H3,(H,24,26)/p+1/t20-,21-/m1/s1. The van der Waals surface area contributed by atoms with Crippen molar-refractivity contribution < 1.29 is 19.2 Å². The van der Waals surface area contributed by atoms with Crippen LogP contribution in [0.15, 0.2) is 48.5 Å². The van der Waals surface area contributed by atoms with Crippen LogP contribution in [0.3, 0.4) is 0 Å². The number of carbonyl (C=O) groups is 2. The monoisotopic (exact) mass is 379 g/mol. The number of hydrogen-bond donors (Lipinski definition) is 2. The molecular weight excluding hydrogens is 352 g/mol. The second-order valence-electron chi connectivity index (χ2n) is 7.77. The quantitative estimate of drug-likeness (QED) is 0.789. The summed E-state index contributed by atoms with van der Waals surface area (Å²) in [6.07, 6.45) is 3.72. The fraction of sp³-hybridized carbons (Fsp3) is 0.391. The molecule has 0 spiro atoms. The van der Waals surface area contributed by atoms with E-state index in [0.29, 0.717) is 13.0 Å². The van der Waals surface area contributed by atoms with E-state index < -0.39 is 0 Å². The maximum atomic E-state index is 12.9. The Balaban J connectivity index is 1.48. The van der Waals surface area contributed by atoms with Crippen molar-refractivity contribution in [3.8, 4) is 0 Å². The number of fused-ring (bicyclic) bond motifs is 2. The van der Waals surface area contributed by atoms with Crippen molar-refractivity contribution in [3.05, 3.63) is 70.8 Å². The van der Waals surface area contributed by atoms with Gasteiger partial charge in [0, 0.05) is 12.0 Å². The maximum absolute atomic E-state index is 12.9. The molecular formula is C23H27N2O3+. The van der Waals surface area contributed by atoms with Crippen LogP contribution in [0.1, 0.15) is 41.1 Å². The van der Waals surface area contributed by atoms with Crippen molar-refractivity contribution >= 4 is 11.9 Å². The summed E-state index contributed by atoms with van der Waals surface area (Å²) in [6.45, 7) is 0.928. The number of nitrogens with one attached hydrogen (secondary N) is 2. The molecule has 2 aromatic carbocycles. The molecule has 2 aliphatic rings. The smallest absolute Gasteiger partial charge is 0.365 e. The van der Waals surface area contributed by atoms with Gasteiger partial charge in [0.2, 0.25) is 0 Å². The van der Waals surface area contributed by atoms with Crippen LogP contribution in [-0.4, -0.2) is 31.6 Å². The zero-order valence-corrected chi connectivity index (χ0v) is 16.2. The molecule has 1 heterocycles. The predicted octanol–water partition coefficient (Wildman–Crippen LogP) is 1.36. The Kier molecular flexibility index (Phi) is 5.44. The van der Waals surface area contributed by atoms with Crippen molar-refractivity contribution in [1.82, 2.24) is 5.32 Å². The topological polar surface area (TPSA) is 59.8 Å². The molecule has 0 saturated heterocycles. The van der Waals surface area contributed by atoms with Crippen LogP contribution in [-0.2, 0) is 33.7 Å². The second-order valence-corrected chi connectivity index (χ2v) is 7.77. The molecule has 0 radical (unpaired) electrons. The van der Waals surface area contributed by atoms with Crippen LogP contribution in [0.25, 0.3) is 0 Å². The first-order chi connectivity index (χ1) is 13.7. The van der Waals surface area contributed by atoms with Crippen LogP contribution in [0.2, 0.25) is 0 Å². The predicted molar refractivity (Wildman–Crippen MR) is 106 cm³/mol. The van der Waals surface area contributed by atoms with Gasteiger partial charge in [0.25, 0.3) is 5.91 Å². The van der Waals surface area contributed by atoms with Crippen LogP contribution < -0.4 is 10.2 Å². The molecule has 3 atom stereocenters. The average molecular weight is 379 g/mol. The molecule has 146 valence electrons. The van der Waals surface area contributed by atoms with E-state index in [4.69, 9.17) is 4.74 Å². The van der Waals surface area contributed by atoms with E-state index in [-0.39, 0.29) is 30.5 Å². The Labute approximate surface area is 165 Å². The molecule has 5 heteroatoms. The molecule has 28 heavy (non-hydrogen) atoms. The number of benzene rings is 2. The van der Waals surface area contributed by atoms with Crippen LogP contribution in [0.4, 0.5) is 0 Å². The van der Waals surface area contributed by atoms with Gasteiger partial charge in [-0.05, 0) is 36.0 Å². The minimum absolute atomic E-state index is 0.00927. The van der Waals surface area contributed by atoms with Crippen molar-refractivity contribution in [2.24, 2.45) is 0 Å². The lowest BCUT2D eigenvalue weighted by Crippen LogP contribution is -3.17. The third kappa shape index (κ3) is 3.80. The van der Waals surface area contributed by atoms with E-state index in [2.05, 4.69) is 35.6 Å².